The van der Waals surface area contributed by atoms with Gasteiger partial charge in [0.1, 0.15) is 12.1 Å². The lowest BCUT2D eigenvalue weighted by atomic mass is 10.1. The first kappa shape index (κ1) is 10.2. The molecule has 0 bridgehead atoms. The van der Waals surface area contributed by atoms with E-state index >= 15 is 0 Å². The van der Waals surface area contributed by atoms with Crippen LogP contribution in [0.25, 0.3) is 12.2 Å². The summed E-state index contributed by atoms with van der Waals surface area (Å²) in [5.74, 6) is 0.158. The van der Waals surface area contributed by atoms with E-state index in [1.54, 1.807) is 36.5 Å². The molecule has 0 unspecified atom stereocenters. The maximum Gasteiger partial charge on any atom is 0.124 e. The van der Waals surface area contributed by atoms with Gasteiger partial charge in [0, 0.05) is 23.5 Å². The first-order valence-electron chi connectivity index (χ1n) is 4.78. The Hall–Kier alpha value is -2.36. The van der Waals surface area contributed by atoms with Crippen LogP contribution in [0.1, 0.15) is 11.3 Å². The van der Waals surface area contributed by atoms with Gasteiger partial charge >= 0.3 is 0 Å². The van der Waals surface area contributed by atoms with Crippen molar-refractivity contribution in [3.8, 4) is 5.75 Å². The number of anilines is 1. The Morgan fingerprint density at radius 3 is 2.75 bits per heavy atom. The zero-order chi connectivity index (χ0) is 11.4. The van der Waals surface area contributed by atoms with Crippen molar-refractivity contribution in [3.05, 3.63) is 48.0 Å². The summed E-state index contributed by atoms with van der Waals surface area (Å²) >= 11 is 0. The van der Waals surface area contributed by atoms with Crippen LogP contribution in [-0.4, -0.2) is 15.1 Å². The molecule has 0 aliphatic carbocycles. The van der Waals surface area contributed by atoms with Gasteiger partial charge in [-0.1, -0.05) is 0 Å². The van der Waals surface area contributed by atoms with Crippen molar-refractivity contribution in [2.75, 3.05) is 5.73 Å². The third-order valence-electron chi connectivity index (χ3n) is 2.09. The van der Waals surface area contributed by atoms with Crippen LogP contribution in [0, 0.1) is 0 Å². The summed E-state index contributed by atoms with van der Waals surface area (Å²) < 4.78 is 0. The van der Waals surface area contributed by atoms with Crippen molar-refractivity contribution in [1.29, 1.82) is 0 Å². The predicted octanol–water partition coefficient (Wildman–Crippen LogP) is 1.93. The lowest BCUT2D eigenvalue weighted by molar-refractivity contribution is 0.474. The number of nitrogens with two attached hydrogens (primary N) is 1. The highest BCUT2D eigenvalue weighted by Crippen LogP contribution is 2.21. The number of phenols is 1. The number of benzene rings is 1. The van der Waals surface area contributed by atoms with Gasteiger partial charge in [-0.25, -0.2) is 9.97 Å². The van der Waals surface area contributed by atoms with Gasteiger partial charge in [-0.3, -0.25) is 0 Å². The van der Waals surface area contributed by atoms with E-state index in [-0.39, 0.29) is 5.75 Å². The fourth-order valence-electron chi connectivity index (χ4n) is 1.28. The van der Waals surface area contributed by atoms with Gasteiger partial charge in [0.2, 0.25) is 0 Å². The number of aromatic hydroxyl groups is 1. The molecule has 0 atom stereocenters. The van der Waals surface area contributed by atoms with E-state index in [1.165, 1.54) is 12.4 Å². The van der Waals surface area contributed by atoms with Gasteiger partial charge in [0.15, 0.2) is 0 Å². The monoisotopic (exact) mass is 213 g/mol. The standard InChI is InChI=1S/C12H11N3O/c13-10-3-1-9(12(16)7-10)2-4-11-5-6-14-8-15-11/h1-8,16H,13H2/b4-2+. The minimum Gasteiger partial charge on any atom is -0.507 e. The molecule has 0 amide bonds. The smallest absolute Gasteiger partial charge is 0.124 e. The molecule has 3 N–H and O–H groups in total. The summed E-state index contributed by atoms with van der Waals surface area (Å²) in [4.78, 5) is 7.86. The Bertz CT molecular complexity index is 509. The minimum atomic E-state index is 0.158. The number of rotatable bonds is 2. The maximum absolute atomic E-state index is 9.61. The third kappa shape index (κ3) is 2.36. The topological polar surface area (TPSA) is 72.0 Å². The van der Waals surface area contributed by atoms with Crippen LogP contribution < -0.4 is 5.73 Å². The molecule has 0 spiro atoms. The Labute approximate surface area is 93.1 Å². The summed E-state index contributed by atoms with van der Waals surface area (Å²) in [5, 5.41) is 9.61. The fraction of sp³-hybridized carbons (Fsp3) is 0. The average molecular weight is 213 g/mol. The van der Waals surface area contributed by atoms with Crippen LogP contribution in [-0.2, 0) is 0 Å². The van der Waals surface area contributed by atoms with Crippen LogP contribution in [0.15, 0.2) is 36.8 Å². The van der Waals surface area contributed by atoms with Gasteiger partial charge < -0.3 is 10.8 Å². The average Bonchev–Trinajstić information content (AvgIpc) is 2.29. The number of nitrogens with zero attached hydrogens (tertiary/aromatic N) is 2. The molecule has 1 heterocycles. The lowest BCUT2D eigenvalue weighted by Gasteiger charge is -1.99. The van der Waals surface area contributed by atoms with Crippen molar-refractivity contribution >= 4 is 17.8 Å². The number of nitrogen functional groups attached to an aromatic ring is 1. The van der Waals surface area contributed by atoms with Crippen molar-refractivity contribution in [1.82, 2.24) is 9.97 Å². The molecule has 0 aliphatic heterocycles. The Kier molecular flexibility index (Phi) is 2.82. The molecule has 0 radical (unpaired) electrons. The number of phenolic OH excluding ortho intramolecular Hbond substituents is 1. The first-order valence-corrected chi connectivity index (χ1v) is 4.78. The summed E-state index contributed by atoms with van der Waals surface area (Å²) in [6.45, 7) is 0. The number of hydrogen-bond donors (Lipinski definition) is 2. The second-order valence-electron chi connectivity index (χ2n) is 3.29. The molecule has 80 valence electrons. The van der Waals surface area contributed by atoms with Gasteiger partial charge in [-0.05, 0) is 30.4 Å². The van der Waals surface area contributed by atoms with E-state index in [0.717, 1.165) is 5.69 Å². The molecule has 0 fully saturated rings. The van der Waals surface area contributed by atoms with Crippen LogP contribution in [0.2, 0.25) is 0 Å². The molecule has 16 heavy (non-hydrogen) atoms. The molecule has 2 aromatic rings. The van der Waals surface area contributed by atoms with Crippen molar-refractivity contribution in [3.63, 3.8) is 0 Å². The molecule has 4 heteroatoms. The molecule has 4 nitrogen and oxygen atoms in total. The highest BCUT2D eigenvalue weighted by atomic mass is 16.3. The summed E-state index contributed by atoms with van der Waals surface area (Å²) in [6, 6.07) is 6.78. The molecule has 0 saturated heterocycles. The summed E-state index contributed by atoms with van der Waals surface area (Å²) in [5.41, 5.74) is 7.55. The van der Waals surface area contributed by atoms with Gasteiger partial charge in [-0.2, -0.15) is 0 Å². The Morgan fingerprint density at radius 2 is 2.06 bits per heavy atom. The fourth-order valence-corrected chi connectivity index (χ4v) is 1.28. The van der Waals surface area contributed by atoms with Crippen LogP contribution in [0.3, 0.4) is 0 Å². The van der Waals surface area contributed by atoms with E-state index in [2.05, 4.69) is 9.97 Å². The quantitative estimate of drug-likeness (QED) is 0.748. The highest BCUT2D eigenvalue weighted by Gasteiger charge is 1.97. The zero-order valence-electron chi connectivity index (χ0n) is 8.54. The molecule has 2 rings (SSSR count). The molecular formula is C12H11N3O. The third-order valence-corrected chi connectivity index (χ3v) is 2.09. The van der Waals surface area contributed by atoms with Gasteiger partial charge in [0.25, 0.3) is 0 Å². The molecular weight excluding hydrogens is 202 g/mol. The SMILES string of the molecule is Nc1ccc(/C=C/c2ccncn2)c(O)c1. The minimum absolute atomic E-state index is 0.158. The second-order valence-corrected chi connectivity index (χ2v) is 3.29. The van der Waals surface area contributed by atoms with Crippen molar-refractivity contribution in [2.24, 2.45) is 0 Å². The molecule has 0 saturated carbocycles. The largest absolute Gasteiger partial charge is 0.507 e. The summed E-state index contributed by atoms with van der Waals surface area (Å²) in [7, 11) is 0. The molecule has 1 aromatic heterocycles. The second kappa shape index (κ2) is 4.44. The normalized spacial score (nSPS) is 10.8. The van der Waals surface area contributed by atoms with Crippen LogP contribution >= 0.6 is 0 Å². The van der Waals surface area contributed by atoms with Crippen molar-refractivity contribution < 1.29 is 5.11 Å². The molecule has 0 aliphatic rings. The van der Waals surface area contributed by atoms with Crippen LogP contribution in [0.5, 0.6) is 5.75 Å². The zero-order valence-corrected chi connectivity index (χ0v) is 8.54. The Balaban J connectivity index is 2.24. The van der Waals surface area contributed by atoms with E-state index in [4.69, 9.17) is 5.73 Å². The number of hydrogen-bond acceptors (Lipinski definition) is 4. The van der Waals surface area contributed by atoms with Crippen molar-refractivity contribution in [2.45, 2.75) is 0 Å². The van der Waals surface area contributed by atoms with Gasteiger partial charge in [0.05, 0.1) is 5.69 Å². The highest BCUT2D eigenvalue weighted by molar-refractivity contribution is 5.72. The predicted molar refractivity (Wildman–Crippen MR) is 63.5 cm³/mol. The number of aromatic nitrogens is 2. The summed E-state index contributed by atoms with van der Waals surface area (Å²) in [6.07, 6.45) is 6.71. The Morgan fingerprint density at radius 1 is 1.19 bits per heavy atom. The van der Waals surface area contributed by atoms with Crippen LogP contribution in [0.4, 0.5) is 5.69 Å². The van der Waals surface area contributed by atoms with E-state index < -0.39 is 0 Å². The first-order chi connectivity index (χ1) is 7.75. The van der Waals surface area contributed by atoms with E-state index in [0.29, 0.717) is 11.3 Å². The lowest BCUT2D eigenvalue weighted by Crippen LogP contribution is -1.84. The van der Waals surface area contributed by atoms with Gasteiger partial charge in [-0.15, -0.1) is 0 Å². The molecule has 1 aromatic carbocycles. The maximum atomic E-state index is 9.61. The van der Waals surface area contributed by atoms with E-state index in [9.17, 15) is 5.11 Å². The van der Waals surface area contributed by atoms with E-state index in [1.807, 2.05) is 0 Å².